The highest BCUT2D eigenvalue weighted by atomic mass is 16.4. The lowest BCUT2D eigenvalue weighted by atomic mass is 10.0. The summed E-state index contributed by atoms with van der Waals surface area (Å²) in [5.41, 5.74) is 0. The number of piperazine rings is 1. The van der Waals surface area contributed by atoms with Crippen LogP contribution in [0, 0.1) is 5.92 Å². The lowest BCUT2D eigenvalue weighted by Crippen LogP contribution is -2.50. The van der Waals surface area contributed by atoms with E-state index >= 15 is 0 Å². The molecule has 0 aromatic rings. The normalized spacial score (nSPS) is 19.3. The Hall–Kier alpha value is -1.14. The van der Waals surface area contributed by atoms with E-state index in [2.05, 4.69) is 17.3 Å². The van der Waals surface area contributed by atoms with E-state index < -0.39 is 5.97 Å². The molecule has 6 heteroatoms. The van der Waals surface area contributed by atoms with Crippen molar-refractivity contribution in [3.05, 3.63) is 0 Å². The molecule has 1 rings (SSSR count). The van der Waals surface area contributed by atoms with Crippen LogP contribution in [0.25, 0.3) is 0 Å². The number of nitrogens with zero attached hydrogens (tertiary/aromatic N) is 2. The van der Waals surface area contributed by atoms with Gasteiger partial charge in [0.15, 0.2) is 0 Å². The predicted molar refractivity (Wildman–Crippen MR) is 82.2 cm³/mol. The number of rotatable bonds is 8. The van der Waals surface area contributed by atoms with E-state index in [-0.39, 0.29) is 17.9 Å². The zero-order valence-electron chi connectivity index (χ0n) is 13.5. The summed E-state index contributed by atoms with van der Waals surface area (Å²) in [7, 11) is 2.07. The molecule has 1 aliphatic heterocycles. The summed E-state index contributed by atoms with van der Waals surface area (Å²) in [5, 5.41) is 12.1. The van der Waals surface area contributed by atoms with Gasteiger partial charge in [-0.2, -0.15) is 0 Å². The molecule has 1 heterocycles. The molecular weight excluding hydrogens is 270 g/mol. The van der Waals surface area contributed by atoms with Gasteiger partial charge >= 0.3 is 5.97 Å². The van der Waals surface area contributed by atoms with Gasteiger partial charge in [0.1, 0.15) is 0 Å². The van der Waals surface area contributed by atoms with Crippen LogP contribution < -0.4 is 5.32 Å². The van der Waals surface area contributed by atoms with E-state index in [0.717, 1.165) is 39.0 Å². The number of hydrogen-bond acceptors (Lipinski definition) is 4. The lowest BCUT2D eigenvalue weighted by Gasteiger charge is -2.32. The highest BCUT2D eigenvalue weighted by Crippen LogP contribution is 2.09. The molecule has 0 aromatic heterocycles. The van der Waals surface area contributed by atoms with E-state index in [9.17, 15) is 9.59 Å². The van der Waals surface area contributed by atoms with Crippen LogP contribution in [0.4, 0.5) is 0 Å². The van der Waals surface area contributed by atoms with Crippen LogP contribution in [0.3, 0.4) is 0 Å². The van der Waals surface area contributed by atoms with Gasteiger partial charge in [0, 0.05) is 32.2 Å². The van der Waals surface area contributed by atoms with Crippen molar-refractivity contribution in [2.24, 2.45) is 5.92 Å². The molecule has 0 saturated carbocycles. The summed E-state index contributed by atoms with van der Waals surface area (Å²) in [4.78, 5) is 26.9. The van der Waals surface area contributed by atoms with E-state index in [1.807, 2.05) is 11.8 Å². The Morgan fingerprint density at radius 1 is 1.14 bits per heavy atom. The molecule has 6 nitrogen and oxygen atoms in total. The van der Waals surface area contributed by atoms with Gasteiger partial charge in [-0.05, 0) is 26.8 Å². The van der Waals surface area contributed by atoms with Crippen LogP contribution in [0.1, 0.15) is 33.1 Å². The first-order chi connectivity index (χ1) is 9.90. The number of hydrogen-bond donors (Lipinski definition) is 2. The average Bonchev–Trinajstić information content (AvgIpc) is 2.45. The number of carbonyl (C=O) groups is 2. The van der Waals surface area contributed by atoms with Crippen molar-refractivity contribution in [3.63, 3.8) is 0 Å². The molecule has 0 aromatic carbocycles. The second-order valence-electron chi connectivity index (χ2n) is 6.14. The lowest BCUT2D eigenvalue weighted by molar-refractivity contribution is -0.141. The Kier molecular flexibility index (Phi) is 7.67. The zero-order valence-corrected chi connectivity index (χ0v) is 13.5. The second kappa shape index (κ2) is 9.00. The Morgan fingerprint density at radius 2 is 1.76 bits per heavy atom. The highest BCUT2D eigenvalue weighted by Gasteiger charge is 2.19. The van der Waals surface area contributed by atoms with Crippen LogP contribution in [-0.2, 0) is 9.59 Å². The molecule has 1 saturated heterocycles. The molecule has 0 radical (unpaired) electrons. The molecule has 1 fully saturated rings. The van der Waals surface area contributed by atoms with Crippen molar-refractivity contribution < 1.29 is 14.7 Å². The monoisotopic (exact) mass is 299 g/mol. The summed E-state index contributed by atoms with van der Waals surface area (Å²) >= 11 is 0. The minimum atomic E-state index is -0.735. The van der Waals surface area contributed by atoms with Gasteiger partial charge in [-0.3, -0.25) is 9.59 Å². The standard InChI is InChI=1S/C15H29N3O3/c1-12(15(20)21)5-4-6-13(2)16-11-14(19)18-9-7-17(3)8-10-18/h12-13,16H,4-11H2,1-3H3,(H,20,21). The molecule has 0 aliphatic carbocycles. The van der Waals surface area contributed by atoms with Crippen LogP contribution >= 0.6 is 0 Å². The molecular formula is C15H29N3O3. The number of carboxylic acid groups (broad SMARTS) is 1. The SMILES string of the molecule is CC(CCCC(C)C(=O)O)NCC(=O)N1CCN(C)CC1. The smallest absolute Gasteiger partial charge is 0.306 e. The number of carbonyl (C=O) groups excluding carboxylic acids is 1. The first kappa shape index (κ1) is 17.9. The number of nitrogens with one attached hydrogen (secondary N) is 1. The third-order valence-corrected chi connectivity index (χ3v) is 4.15. The Morgan fingerprint density at radius 3 is 2.33 bits per heavy atom. The van der Waals surface area contributed by atoms with Gasteiger partial charge in [-0.25, -0.2) is 0 Å². The molecule has 0 spiro atoms. The summed E-state index contributed by atoms with van der Waals surface area (Å²) < 4.78 is 0. The van der Waals surface area contributed by atoms with Crippen LogP contribution in [0.5, 0.6) is 0 Å². The molecule has 0 bridgehead atoms. The van der Waals surface area contributed by atoms with Gasteiger partial charge < -0.3 is 20.2 Å². The Bertz CT molecular complexity index is 341. The van der Waals surface area contributed by atoms with Crippen molar-refractivity contribution in [3.8, 4) is 0 Å². The summed E-state index contributed by atoms with van der Waals surface area (Å²) in [6.07, 6.45) is 2.45. The topological polar surface area (TPSA) is 72.9 Å². The van der Waals surface area contributed by atoms with Gasteiger partial charge in [-0.1, -0.05) is 13.3 Å². The van der Waals surface area contributed by atoms with E-state index in [0.29, 0.717) is 13.0 Å². The Labute approximate surface area is 127 Å². The summed E-state index contributed by atoms with van der Waals surface area (Å²) in [6, 6.07) is 0.238. The quantitative estimate of drug-likeness (QED) is 0.688. The van der Waals surface area contributed by atoms with Crippen molar-refractivity contribution in [2.45, 2.75) is 39.2 Å². The fourth-order valence-electron chi connectivity index (χ4n) is 2.38. The number of likely N-dealkylation sites (N-methyl/N-ethyl adjacent to an activating group) is 1. The molecule has 1 amide bonds. The molecule has 122 valence electrons. The fraction of sp³-hybridized carbons (Fsp3) is 0.867. The maximum atomic E-state index is 12.0. The highest BCUT2D eigenvalue weighted by molar-refractivity contribution is 5.78. The first-order valence-corrected chi connectivity index (χ1v) is 7.82. The van der Waals surface area contributed by atoms with Crippen molar-refractivity contribution in [1.29, 1.82) is 0 Å². The Balaban J connectivity index is 2.13. The first-order valence-electron chi connectivity index (χ1n) is 7.82. The van der Waals surface area contributed by atoms with Crippen molar-refractivity contribution in [1.82, 2.24) is 15.1 Å². The summed E-state index contributed by atoms with van der Waals surface area (Å²) in [5.74, 6) is -0.862. The minimum absolute atomic E-state index is 0.161. The van der Waals surface area contributed by atoms with Crippen LogP contribution in [0.2, 0.25) is 0 Å². The van der Waals surface area contributed by atoms with E-state index in [4.69, 9.17) is 5.11 Å². The van der Waals surface area contributed by atoms with Crippen molar-refractivity contribution >= 4 is 11.9 Å². The van der Waals surface area contributed by atoms with Crippen LogP contribution in [-0.4, -0.2) is 72.6 Å². The van der Waals surface area contributed by atoms with E-state index in [1.165, 1.54) is 0 Å². The summed E-state index contributed by atoms with van der Waals surface area (Å²) in [6.45, 7) is 7.64. The molecule has 21 heavy (non-hydrogen) atoms. The van der Waals surface area contributed by atoms with Gasteiger partial charge in [0.25, 0.3) is 0 Å². The minimum Gasteiger partial charge on any atom is -0.481 e. The van der Waals surface area contributed by atoms with Gasteiger partial charge in [0.2, 0.25) is 5.91 Å². The average molecular weight is 299 g/mol. The van der Waals surface area contributed by atoms with Gasteiger partial charge in [0.05, 0.1) is 12.5 Å². The maximum absolute atomic E-state index is 12.0. The van der Waals surface area contributed by atoms with Crippen molar-refractivity contribution in [2.75, 3.05) is 39.8 Å². The molecule has 2 N–H and O–H groups in total. The maximum Gasteiger partial charge on any atom is 0.306 e. The third-order valence-electron chi connectivity index (χ3n) is 4.15. The van der Waals surface area contributed by atoms with Crippen LogP contribution in [0.15, 0.2) is 0 Å². The molecule has 2 atom stereocenters. The predicted octanol–water partition coefficient (Wildman–Crippen LogP) is 0.630. The van der Waals surface area contributed by atoms with Gasteiger partial charge in [-0.15, -0.1) is 0 Å². The second-order valence-corrected chi connectivity index (χ2v) is 6.14. The number of aliphatic carboxylic acids is 1. The van der Waals surface area contributed by atoms with E-state index in [1.54, 1.807) is 6.92 Å². The third kappa shape index (κ3) is 6.91. The zero-order chi connectivity index (χ0) is 15.8. The number of amides is 1. The number of carboxylic acids is 1. The fourth-order valence-corrected chi connectivity index (χ4v) is 2.38. The largest absolute Gasteiger partial charge is 0.481 e. The molecule has 2 unspecified atom stereocenters. The molecule has 1 aliphatic rings.